The van der Waals surface area contributed by atoms with Crippen LogP contribution >= 0.6 is 0 Å². The molecule has 0 spiro atoms. The zero-order chi connectivity index (χ0) is 48.6. The number of hydrogen-bond donors (Lipinski definition) is 0. The number of nitrogens with zero attached hydrogens (tertiary/aromatic N) is 4. The van der Waals surface area contributed by atoms with Crippen LogP contribution in [0.5, 0.6) is 0 Å². The summed E-state index contributed by atoms with van der Waals surface area (Å²) in [5, 5.41) is 1.40. The number of benzene rings is 5. The molecule has 0 saturated carbocycles. The fourth-order valence-electron chi connectivity index (χ4n) is 8.45. The average molecular weight is 1040 g/mol. The van der Waals surface area contributed by atoms with Crippen LogP contribution in [0, 0.1) is 30.5 Å². The first-order chi connectivity index (χ1) is 33.7. The van der Waals surface area contributed by atoms with E-state index in [1.54, 1.807) is 18.3 Å². The number of aromatic nitrogens is 4. The van der Waals surface area contributed by atoms with Gasteiger partial charge in [-0.2, -0.15) is 0 Å². The van der Waals surface area contributed by atoms with Gasteiger partial charge in [0.2, 0.25) is 5.71 Å². The van der Waals surface area contributed by atoms with Crippen LogP contribution in [0.25, 0.3) is 78.1 Å². The Hall–Kier alpha value is -6.85. The molecule has 0 radical (unpaired) electrons. The summed E-state index contributed by atoms with van der Waals surface area (Å²) >= 11 is 0. The Labute approximate surface area is 408 Å². The van der Waals surface area contributed by atoms with E-state index >= 15 is 0 Å². The first kappa shape index (κ1) is 38.4. The summed E-state index contributed by atoms with van der Waals surface area (Å²) in [6.07, 6.45) is 7.03. The standard InChI is InChI=1S/C60H49N4O.Ir/c1-40-22-29-52-51-20-13-21-53(58(51)65-59(52)64-40)57-35-48(36-60(2,3)4)54(39-63-57)50-19-12-11-18-49(50)47-33-43(25-23-41-27-30-55(61-37-41)45-14-7-5-8-15-45)32-44(34-47)26-24-42-28-31-56(62-38-42)46-16-9-6-10-17-46;/h5-14,16,18-20,22,27-35,37-39H,23-26,36H2,1-4H3;/q-3;+3/i1D3,36D2;. The molecule has 0 atom stereocenters. The Morgan fingerprint density at radius 2 is 1.18 bits per heavy atom. The third-order valence-electron chi connectivity index (χ3n) is 11.6. The first-order valence-electron chi connectivity index (χ1n) is 24.5. The molecule has 66 heavy (non-hydrogen) atoms. The van der Waals surface area contributed by atoms with Crippen molar-refractivity contribution in [3.05, 3.63) is 216 Å². The Kier molecular flexibility index (Phi) is 11.2. The summed E-state index contributed by atoms with van der Waals surface area (Å²) < 4.78 is 49.5. The minimum absolute atomic E-state index is 0. The van der Waals surface area contributed by atoms with E-state index in [2.05, 4.69) is 77.8 Å². The number of fused-ring (bicyclic) bond motifs is 3. The van der Waals surface area contributed by atoms with Crippen molar-refractivity contribution in [2.24, 2.45) is 5.41 Å². The van der Waals surface area contributed by atoms with E-state index in [0.29, 0.717) is 33.4 Å². The fourth-order valence-corrected chi connectivity index (χ4v) is 8.45. The Morgan fingerprint density at radius 3 is 1.77 bits per heavy atom. The topological polar surface area (TPSA) is 64.7 Å². The molecule has 0 amide bonds. The van der Waals surface area contributed by atoms with Gasteiger partial charge >= 0.3 is 20.1 Å². The molecular formula is C60H49IrN4O. The predicted molar refractivity (Wildman–Crippen MR) is 264 cm³/mol. The van der Waals surface area contributed by atoms with Crippen molar-refractivity contribution < 1.29 is 31.4 Å². The Bertz CT molecular complexity index is 3370. The van der Waals surface area contributed by atoms with Crippen LogP contribution in [0.2, 0.25) is 0 Å². The smallest absolute Gasteiger partial charge is 0.486 e. The maximum atomic E-state index is 9.77. The average Bonchev–Trinajstić information content (AvgIpc) is 3.76. The maximum Gasteiger partial charge on any atom is 3.00 e. The molecule has 0 bridgehead atoms. The zero-order valence-corrected chi connectivity index (χ0v) is 39.3. The van der Waals surface area contributed by atoms with Crippen LogP contribution in [0.4, 0.5) is 0 Å². The van der Waals surface area contributed by atoms with E-state index in [1.807, 2.05) is 106 Å². The summed E-state index contributed by atoms with van der Waals surface area (Å²) in [6.45, 7) is 3.33. The molecular weight excluding hydrogens is 985 g/mol. The molecule has 5 aromatic carbocycles. The van der Waals surface area contributed by atoms with E-state index < -0.39 is 18.6 Å². The van der Waals surface area contributed by atoms with Gasteiger partial charge < -0.3 is 19.4 Å². The second-order valence-corrected chi connectivity index (χ2v) is 17.5. The molecule has 6 heteroatoms. The summed E-state index contributed by atoms with van der Waals surface area (Å²) in [5.41, 5.74) is 13.1. The molecule has 0 aliphatic heterocycles. The summed E-state index contributed by atoms with van der Waals surface area (Å²) in [4.78, 5) is 18.9. The summed E-state index contributed by atoms with van der Waals surface area (Å²) in [6, 6.07) is 57.7. The first-order valence-corrected chi connectivity index (χ1v) is 22.0. The van der Waals surface area contributed by atoms with E-state index in [-0.39, 0.29) is 31.5 Å². The summed E-state index contributed by atoms with van der Waals surface area (Å²) in [7, 11) is 0. The maximum absolute atomic E-state index is 9.77. The van der Waals surface area contributed by atoms with E-state index in [0.717, 1.165) is 81.4 Å². The molecule has 10 rings (SSSR count). The molecule has 5 heterocycles. The Balaban J connectivity index is 0.00000624. The van der Waals surface area contributed by atoms with Crippen molar-refractivity contribution in [2.75, 3.05) is 0 Å². The van der Waals surface area contributed by atoms with Gasteiger partial charge in [-0.25, -0.2) is 4.98 Å². The van der Waals surface area contributed by atoms with Crippen LogP contribution in [-0.2, 0) is 52.2 Å². The van der Waals surface area contributed by atoms with Gasteiger partial charge in [0.25, 0.3) is 0 Å². The van der Waals surface area contributed by atoms with Gasteiger partial charge in [-0.05, 0) is 118 Å². The number of rotatable bonds is 12. The van der Waals surface area contributed by atoms with Crippen molar-refractivity contribution in [3.63, 3.8) is 0 Å². The second-order valence-electron chi connectivity index (χ2n) is 17.5. The minimum atomic E-state index is -2.40. The van der Waals surface area contributed by atoms with Crippen molar-refractivity contribution in [1.82, 2.24) is 19.9 Å². The molecule has 10 aromatic rings. The number of hydrogen-bond acceptors (Lipinski definition) is 5. The van der Waals surface area contributed by atoms with Crippen LogP contribution in [0.1, 0.15) is 61.1 Å². The van der Waals surface area contributed by atoms with Gasteiger partial charge in [0.15, 0.2) is 0 Å². The molecule has 0 fully saturated rings. The van der Waals surface area contributed by atoms with Gasteiger partial charge in [-0.3, -0.25) is 0 Å². The van der Waals surface area contributed by atoms with E-state index in [1.165, 1.54) is 17.2 Å². The SMILES string of the molecule is [2H]C([2H])([2H])c1ccc2c(n1)oc1c(-c3cc(C([2H])([2H])C(C)(C)C)c(-c4ccccc4-c4cc(CCc5ccc(-c6[c-]cccc6)nc5)cc(CCc5ccc(-c6[c-]cccc6)nc5)c4)cn3)[c-]ccc12.[Ir+3]. The molecule has 0 unspecified atom stereocenters. The number of aryl methyl sites for hydroxylation is 5. The monoisotopic (exact) mass is 1040 g/mol. The second kappa shape index (κ2) is 19.3. The van der Waals surface area contributed by atoms with Crippen molar-refractivity contribution in [2.45, 2.75) is 59.7 Å². The van der Waals surface area contributed by atoms with E-state index in [9.17, 15) is 2.74 Å². The zero-order valence-electron chi connectivity index (χ0n) is 41.9. The van der Waals surface area contributed by atoms with Gasteiger partial charge in [0.1, 0.15) is 0 Å². The third kappa shape index (κ3) is 9.86. The van der Waals surface area contributed by atoms with Crippen LogP contribution in [0.15, 0.2) is 169 Å². The fraction of sp³-hybridized carbons (Fsp3) is 0.167. The minimum Gasteiger partial charge on any atom is -0.486 e. The molecule has 5 nitrogen and oxygen atoms in total. The molecule has 5 aromatic heterocycles. The number of pyridine rings is 4. The van der Waals surface area contributed by atoms with Crippen molar-refractivity contribution in [1.29, 1.82) is 0 Å². The van der Waals surface area contributed by atoms with E-state index in [4.69, 9.17) is 23.5 Å². The van der Waals surface area contributed by atoms with Crippen molar-refractivity contribution >= 4 is 22.1 Å². The molecule has 0 N–H and O–H groups in total. The Morgan fingerprint density at radius 1 is 0.561 bits per heavy atom. The predicted octanol–water partition coefficient (Wildman–Crippen LogP) is 14.4. The largest absolute Gasteiger partial charge is 3.00 e. The van der Waals surface area contributed by atoms with Gasteiger partial charge in [-0.15, -0.1) is 90.0 Å². The van der Waals surface area contributed by atoms with Crippen LogP contribution in [-0.4, -0.2) is 19.9 Å². The molecule has 0 saturated heterocycles. The molecule has 0 aliphatic rings. The quantitative estimate of drug-likeness (QED) is 0.114. The van der Waals surface area contributed by atoms with Gasteiger partial charge in [0, 0.05) is 42.1 Å². The van der Waals surface area contributed by atoms with Crippen LogP contribution < -0.4 is 0 Å². The third-order valence-corrected chi connectivity index (χ3v) is 11.6. The van der Waals surface area contributed by atoms with Gasteiger partial charge in [0.05, 0.1) is 5.58 Å². The van der Waals surface area contributed by atoms with Crippen LogP contribution in [0.3, 0.4) is 0 Å². The molecule has 0 aliphatic carbocycles. The normalized spacial score (nSPS) is 13.0. The van der Waals surface area contributed by atoms with Gasteiger partial charge in [-0.1, -0.05) is 105 Å². The van der Waals surface area contributed by atoms with Crippen molar-refractivity contribution in [3.8, 4) is 56.0 Å². The molecule has 324 valence electrons. The number of furan rings is 1. The summed E-state index contributed by atoms with van der Waals surface area (Å²) in [5.74, 6) is 0.